The van der Waals surface area contributed by atoms with Gasteiger partial charge in [0.2, 0.25) is 0 Å². The van der Waals surface area contributed by atoms with E-state index in [0.29, 0.717) is 0 Å². The SMILES string of the molecule is C=CCC12C=C1c1ccccc1C21c2ccccc2-c2ccc(N(/C(C=C)=C/C=C/C)c3ccc4ccccc4c3)cc21. The van der Waals surface area contributed by atoms with E-state index in [2.05, 4.69) is 158 Å². The molecule has 0 fully saturated rings. The van der Waals surface area contributed by atoms with E-state index in [0.717, 1.165) is 23.5 Å². The van der Waals surface area contributed by atoms with Gasteiger partial charge in [-0.15, -0.1) is 6.58 Å². The molecule has 0 bridgehead atoms. The molecular weight excluding hydrogens is 518 g/mol. The van der Waals surface area contributed by atoms with Crippen LogP contribution in [0, 0.1) is 5.41 Å². The Hall–Kier alpha value is -5.14. The zero-order valence-electron chi connectivity index (χ0n) is 24.4. The highest BCUT2D eigenvalue weighted by Crippen LogP contribution is 2.77. The van der Waals surface area contributed by atoms with Crippen LogP contribution in [0.1, 0.15) is 35.6 Å². The third kappa shape index (κ3) is 3.34. The first-order chi connectivity index (χ1) is 21.2. The van der Waals surface area contributed by atoms with Crippen molar-refractivity contribution in [3.63, 3.8) is 0 Å². The zero-order chi connectivity index (χ0) is 29.2. The second-order valence-electron chi connectivity index (χ2n) is 11.8. The predicted molar refractivity (Wildman–Crippen MR) is 183 cm³/mol. The molecule has 0 heterocycles. The van der Waals surface area contributed by atoms with Crippen molar-refractivity contribution in [3.8, 4) is 11.1 Å². The van der Waals surface area contributed by atoms with Gasteiger partial charge in [-0.3, -0.25) is 0 Å². The maximum absolute atomic E-state index is 4.24. The number of allylic oxidation sites excluding steroid dienone is 7. The summed E-state index contributed by atoms with van der Waals surface area (Å²) >= 11 is 0. The van der Waals surface area contributed by atoms with Crippen LogP contribution in [-0.2, 0) is 5.41 Å². The number of rotatable bonds is 7. The van der Waals surface area contributed by atoms with Gasteiger partial charge in [0.15, 0.2) is 0 Å². The molecule has 8 rings (SSSR count). The molecule has 5 aromatic carbocycles. The van der Waals surface area contributed by atoms with E-state index in [1.54, 1.807) is 0 Å². The van der Waals surface area contributed by atoms with Crippen LogP contribution >= 0.6 is 0 Å². The van der Waals surface area contributed by atoms with E-state index in [1.165, 1.54) is 49.7 Å². The fourth-order valence-electron chi connectivity index (χ4n) is 8.04. The Morgan fingerprint density at radius 3 is 2.12 bits per heavy atom. The van der Waals surface area contributed by atoms with Gasteiger partial charge in [-0.25, -0.2) is 0 Å². The van der Waals surface area contributed by atoms with Gasteiger partial charge in [-0.1, -0.05) is 116 Å². The zero-order valence-corrected chi connectivity index (χ0v) is 24.4. The Kier molecular flexibility index (Phi) is 5.61. The van der Waals surface area contributed by atoms with E-state index in [-0.39, 0.29) is 10.8 Å². The first kappa shape index (κ1) is 25.6. The quantitative estimate of drug-likeness (QED) is 0.144. The molecule has 0 N–H and O–H groups in total. The highest BCUT2D eigenvalue weighted by molar-refractivity contribution is 6.02. The topological polar surface area (TPSA) is 3.24 Å². The van der Waals surface area contributed by atoms with E-state index < -0.39 is 0 Å². The molecule has 0 aliphatic heterocycles. The number of hydrogen-bond donors (Lipinski definition) is 0. The van der Waals surface area contributed by atoms with Crippen LogP contribution < -0.4 is 4.90 Å². The van der Waals surface area contributed by atoms with Gasteiger partial charge in [0, 0.05) is 22.5 Å². The minimum absolute atomic E-state index is 0.103. The van der Waals surface area contributed by atoms with E-state index in [4.69, 9.17) is 0 Å². The Bertz CT molecular complexity index is 2070. The van der Waals surface area contributed by atoms with Gasteiger partial charge in [0.05, 0.1) is 5.41 Å². The Balaban J connectivity index is 1.41. The van der Waals surface area contributed by atoms with E-state index in [1.807, 2.05) is 13.0 Å². The fourth-order valence-corrected chi connectivity index (χ4v) is 8.04. The third-order valence-corrected chi connectivity index (χ3v) is 9.75. The van der Waals surface area contributed by atoms with Crippen molar-refractivity contribution in [3.05, 3.63) is 187 Å². The molecule has 206 valence electrons. The summed E-state index contributed by atoms with van der Waals surface area (Å²) in [5.41, 5.74) is 12.5. The fraction of sp³-hybridized carbons (Fsp3) is 0.0952. The lowest BCUT2D eigenvalue weighted by molar-refractivity contribution is 0.424. The van der Waals surface area contributed by atoms with E-state index in [9.17, 15) is 0 Å². The minimum atomic E-state index is -0.300. The van der Waals surface area contributed by atoms with Gasteiger partial charge in [0.1, 0.15) is 0 Å². The summed E-state index contributed by atoms with van der Waals surface area (Å²) in [6.45, 7) is 10.5. The van der Waals surface area contributed by atoms with Crippen molar-refractivity contribution in [2.45, 2.75) is 18.8 Å². The monoisotopic (exact) mass is 551 g/mol. The normalized spacial score (nSPS) is 20.9. The maximum atomic E-state index is 4.24. The third-order valence-electron chi connectivity index (χ3n) is 9.75. The molecule has 0 aromatic heterocycles. The number of fused-ring (bicyclic) bond motifs is 11. The van der Waals surface area contributed by atoms with Crippen molar-refractivity contribution < 1.29 is 0 Å². The summed E-state index contributed by atoms with van der Waals surface area (Å²) in [5.74, 6) is 0. The summed E-state index contributed by atoms with van der Waals surface area (Å²) in [5, 5.41) is 2.44. The lowest BCUT2D eigenvalue weighted by atomic mass is 9.62. The molecule has 43 heavy (non-hydrogen) atoms. The molecule has 2 atom stereocenters. The molecule has 0 saturated heterocycles. The van der Waals surface area contributed by atoms with Gasteiger partial charge in [0.25, 0.3) is 0 Å². The molecule has 5 aromatic rings. The summed E-state index contributed by atoms with van der Waals surface area (Å²) in [6.07, 6.45) is 13.8. The van der Waals surface area contributed by atoms with Gasteiger partial charge in [-0.05, 0) is 99.5 Å². The average Bonchev–Trinajstić information content (AvgIpc) is 3.63. The van der Waals surface area contributed by atoms with Gasteiger partial charge < -0.3 is 4.90 Å². The van der Waals surface area contributed by atoms with Crippen LogP contribution in [0.5, 0.6) is 0 Å². The molecule has 3 aliphatic carbocycles. The van der Waals surface area contributed by atoms with Crippen LogP contribution in [0.15, 0.2) is 165 Å². The second-order valence-corrected chi connectivity index (χ2v) is 11.8. The van der Waals surface area contributed by atoms with Crippen LogP contribution in [0.2, 0.25) is 0 Å². The molecule has 2 unspecified atom stereocenters. The lowest BCUT2D eigenvalue weighted by Gasteiger charge is -2.39. The molecule has 0 radical (unpaired) electrons. The number of hydrogen-bond acceptors (Lipinski definition) is 1. The van der Waals surface area contributed by atoms with Crippen LogP contribution in [0.4, 0.5) is 11.4 Å². The molecule has 0 amide bonds. The van der Waals surface area contributed by atoms with Gasteiger partial charge >= 0.3 is 0 Å². The van der Waals surface area contributed by atoms with Crippen molar-refractivity contribution in [2.75, 3.05) is 4.90 Å². The largest absolute Gasteiger partial charge is 0.310 e. The minimum Gasteiger partial charge on any atom is -0.310 e. The summed E-state index contributed by atoms with van der Waals surface area (Å²) in [4.78, 5) is 2.35. The highest BCUT2D eigenvalue weighted by Gasteiger charge is 2.69. The standard InChI is InChI=1S/C42H33N/c1-4-7-16-31(6-3)43(32-22-21-29-14-8-9-15-30(29)26-32)33-23-24-35-34-17-10-12-19-37(34)42(39(35)27-33)38-20-13-11-18-36(38)40-28-41(40,42)25-5-2/h4-24,26-28H,2-3,25H2,1H3/b7-4+,31-16+. The summed E-state index contributed by atoms with van der Waals surface area (Å²) in [7, 11) is 0. The Labute approximate surface area is 254 Å². The lowest BCUT2D eigenvalue weighted by Crippen LogP contribution is -2.36. The first-order valence-electron chi connectivity index (χ1n) is 15.1. The highest BCUT2D eigenvalue weighted by atomic mass is 15.1. The number of benzene rings is 5. The van der Waals surface area contributed by atoms with E-state index >= 15 is 0 Å². The smallest absolute Gasteiger partial charge is 0.0604 e. The first-order valence-corrected chi connectivity index (χ1v) is 15.1. The Morgan fingerprint density at radius 1 is 0.698 bits per heavy atom. The van der Waals surface area contributed by atoms with Crippen LogP contribution in [-0.4, -0.2) is 0 Å². The predicted octanol–water partition coefficient (Wildman–Crippen LogP) is 10.9. The summed E-state index contributed by atoms with van der Waals surface area (Å²) < 4.78 is 0. The molecule has 1 heteroatoms. The van der Waals surface area contributed by atoms with Crippen LogP contribution in [0.3, 0.4) is 0 Å². The van der Waals surface area contributed by atoms with Crippen molar-refractivity contribution in [1.82, 2.24) is 0 Å². The molecular formula is C42H33N. The number of nitrogens with zero attached hydrogens (tertiary/aromatic N) is 1. The summed E-state index contributed by atoms with van der Waals surface area (Å²) in [6, 6.07) is 40.4. The Morgan fingerprint density at radius 2 is 1.35 bits per heavy atom. The van der Waals surface area contributed by atoms with Crippen molar-refractivity contribution >= 4 is 27.7 Å². The van der Waals surface area contributed by atoms with Gasteiger partial charge in [-0.2, -0.15) is 0 Å². The van der Waals surface area contributed by atoms with Crippen LogP contribution in [0.25, 0.3) is 27.5 Å². The van der Waals surface area contributed by atoms with Crippen molar-refractivity contribution in [1.29, 1.82) is 0 Å². The second kappa shape index (κ2) is 9.44. The van der Waals surface area contributed by atoms with Crippen molar-refractivity contribution in [2.24, 2.45) is 5.41 Å². The maximum Gasteiger partial charge on any atom is 0.0604 e. The average molecular weight is 552 g/mol. The molecule has 1 spiro atoms. The molecule has 0 saturated carbocycles. The molecule has 1 nitrogen and oxygen atoms in total. The number of anilines is 2. The molecule has 3 aliphatic rings.